The average molecular weight is 148 g/mol. The third-order valence-corrected chi connectivity index (χ3v) is 1.18. The van der Waals surface area contributed by atoms with Gasteiger partial charge in [-0.3, -0.25) is 0 Å². The lowest BCUT2D eigenvalue weighted by atomic mass is 10.7. The molecule has 0 unspecified atom stereocenters. The van der Waals surface area contributed by atoms with Gasteiger partial charge in [-0.05, 0) is 0 Å². The van der Waals surface area contributed by atoms with Gasteiger partial charge in [0.2, 0.25) is 0 Å². The first kappa shape index (κ1) is 6.41. The Morgan fingerprint density at radius 1 is 1.89 bits per heavy atom. The van der Waals surface area contributed by atoms with E-state index in [1.54, 1.807) is 0 Å². The smallest absolute Gasteiger partial charge is 0.187 e. The molecule has 1 rings (SSSR count). The molecule has 0 bridgehead atoms. The number of rotatable bonds is 2. The predicted octanol–water partition coefficient (Wildman–Crippen LogP) is 1.27. The van der Waals surface area contributed by atoms with E-state index < -0.39 is 0 Å². The van der Waals surface area contributed by atoms with Crippen molar-refractivity contribution in [2.45, 2.75) is 0 Å². The van der Waals surface area contributed by atoms with Crippen molar-refractivity contribution in [3.63, 3.8) is 0 Å². The van der Waals surface area contributed by atoms with E-state index in [-0.39, 0.29) is 12.3 Å². The minimum atomic E-state index is 0.0306. The van der Waals surface area contributed by atoms with Gasteiger partial charge in [0.25, 0.3) is 0 Å². The summed E-state index contributed by atoms with van der Waals surface area (Å²) in [5.74, 6) is 0.556. The van der Waals surface area contributed by atoms with E-state index in [0.29, 0.717) is 5.75 Å². The Labute approximate surface area is 56.2 Å². The average Bonchev–Trinajstić information content (AvgIpc) is 2.34. The van der Waals surface area contributed by atoms with Crippen molar-refractivity contribution in [1.82, 2.24) is 9.19 Å². The van der Waals surface area contributed by atoms with E-state index in [1.165, 1.54) is 19.5 Å². The van der Waals surface area contributed by atoms with Crippen molar-refractivity contribution in [1.29, 1.82) is 0 Å². The third-order valence-electron chi connectivity index (χ3n) is 0.843. The molecule has 3 nitrogen and oxygen atoms in total. The van der Waals surface area contributed by atoms with Crippen LogP contribution in [0.15, 0.2) is 12.4 Å². The highest BCUT2D eigenvalue weighted by molar-refractivity contribution is 7.92. The highest BCUT2D eigenvalue weighted by Gasteiger charge is 1.95. The quantitative estimate of drug-likeness (QED) is 0.632. The van der Waals surface area contributed by atoms with Gasteiger partial charge in [-0.2, -0.15) is 9.19 Å². The summed E-state index contributed by atoms with van der Waals surface area (Å²) in [6.07, 6.45) is 2.89. The first-order valence-electron chi connectivity index (χ1n) is 2.24. The summed E-state index contributed by atoms with van der Waals surface area (Å²) < 4.78 is 17.4. The van der Waals surface area contributed by atoms with Crippen LogP contribution in [-0.4, -0.2) is 16.3 Å². The Bertz CT molecular complexity index is 172. The lowest BCUT2D eigenvalue weighted by Gasteiger charge is -1.87. The van der Waals surface area contributed by atoms with Gasteiger partial charge in [0, 0.05) is 0 Å². The van der Waals surface area contributed by atoms with Gasteiger partial charge >= 0.3 is 0 Å². The zero-order valence-corrected chi connectivity index (χ0v) is 5.56. The van der Waals surface area contributed by atoms with E-state index in [0.717, 1.165) is 4.09 Å². The van der Waals surface area contributed by atoms with Crippen molar-refractivity contribution in [3.8, 4) is 5.75 Å². The van der Waals surface area contributed by atoms with Gasteiger partial charge in [0.05, 0.1) is 19.5 Å². The Kier molecular flexibility index (Phi) is 1.94. The van der Waals surface area contributed by atoms with Crippen LogP contribution in [0, 0.1) is 0 Å². The molecule has 0 amide bonds. The summed E-state index contributed by atoms with van der Waals surface area (Å²) in [7, 11) is 1.50. The van der Waals surface area contributed by atoms with E-state index >= 15 is 0 Å². The van der Waals surface area contributed by atoms with Gasteiger partial charge in [0.15, 0.2) is 18.1 Å². The standard InChI is InChI=1S/C4H5FN2OS/c1-8-4-2-6-7(3-4)9-5/h2-3H,1H3. The molecule has 1 aromatic rings. The molecule has 0 aliphatic carbocycles. The molecule has 0 aliphatic heterocycles. The number of ether oxygens (including phenoxy) is 1. The fourth-order valence-electron chi connectivity index (χ4n) is 0.432. The normalized spacial score (nSPS) is 9.56. The number of hydrogen-bond donors (Lipinski definition) is 0. The van der Waals surface area contributed by atoms with E-state index in [2.05, 4.69) is 5.10 Å². The number of methoxy groups -OCH3 is 1. The van der Waals surface area contributed by atoms with Crippen LogP contribution in [0.5, 0.6) is 5.75 Å². The summed E-state index contributed by atoms with van der Waals surface area (Å²) in [5, 5.41) is 3.59. The summed E-state index contributed by atoms with van der Waals surface area (Å²) >= 11 is 0.0306. The van der Waals surface area contributed by atoms with Crippen molar-refractivity contribution in [2.75, 3.05) is 7.11 Å². The Hall–Kier alpha value is -0.710. The monoisotopic (exact) mass is 148 g/mol. The second-order valence-electron chi connectivity index (χ2n) is 1.35. The Morgan fingerprint density at radius 2 is 2.67 bits per heavy atom. The lowest BCUT2D eigenvalue weighted by Crippen LogP contribution is -1.80. The SMILES string of the molecule is COc1cnn(SF)c1. The second-order valence-corrected chi connectivity index (χ2v) is 1.86. The summed E-state index contributed by atoms with van der Waals surface area (Å²) in [6, 6.07) is 0. The highest BCUT2D eigenvalue weighted by Crippen LogP contribution is 2.12. The minimum Gasteiger partial charge on any atom is -0.493 e. The molecule has 1 aromatic heterocycles. The maximum Gasteiger partial charge on any atom is 0.187 e. The van der Waals surface area contributed by atoms with Crippen molar-refractivity contribution >= 4 is 12.3 Å². The van der Waals surface area contributed by atoms with Gasteiger partial charge in [-0.1, -0.05) is 0 Å². The predicted molar refractivity (Wildman–Crippen MR) is 32.9 cm³/mol. The van der Waals surface area contributed by atoms with E-state index in [4.69, 9.17) is 4.74 Å². The first-order valence-corrected chi connectivity index (χ1v) is 2.92. The third kappa shape index (κ3) is 1.35. The van der Waals surface area contributed by atoms with Crippen molar-refractivity contribution < 1.29 is 8.62 Å². The van der Waals surface area contributed by atoms with Crippen LogP contribution in [-0.2, 0) is 0 Å². The molecule has 0 saturated carbocycles. The van der Waals surface area contributed by atoms with Crippen LogP contribution < -0.4 is 4.74 Å². The Morgan fingerprint density at radius 3 is 3.00 bits per heavy atom. The molecule has 1 heterocycles. The minimum absolute atomic E-state index is 0.0306. The second kappa shape index (κ2) is 2.72. The Balaban J connectivity index is 2.74. The fourth-order valence-corrected chi connectivity index (χ4v) is 0.659. The van der Waals surface area contributed by atoms with Gasteiger partial charge in [-0.15, -0.1) is 3.89 Å². The molecule has 0 saturated heterocycles. The summed E-state index contributed by atoms with van der Waals surface area (Å²) in [6.45, 7) is 0. The molecule has 0 N–H and O–H groups in total. The molecule has 0 fully saturated rings. The number of hydrogen-bond acceptors (Lipinski definition) is 3. The molecule has 0 radical (unpaired) electrons. The maximum absolute atomic E-state index is 11.6. The molecule has 0 aromatic carbocycles. The maximum atomic E-state index is 11.6. The molecule has 5 heteroatoms. The van der Waals surface area contributed by atoms with Crippen LogP contribution in [0.1, 0.15) is 0 Å². The lowest BCUT2D eigenvalue weighted by molar-refractivity contribution is 0.415. The van der Waals surface area contributed by atoms with Crippen LogP contribution in [0.3, 0.4) is 0 Å². The molecule has 9 heavy (non-hydrogen) atoms. The zero-order valence-electron chi connectivity index (χ0n) is 4.74. The summed E-state index contributed by atoms with van der Waals surface area (Å²) in [5.41, 5.74) is 0. The van der Waals surface area contributed by atoms with Crippen LogP contribution in [0.4, 0.5) is 3.89 Å². The highest BCUT2D eigenvalue weighted by atomic mass is 32.2. The molecular formula is C4H5FN2OS. The van der Waals surface area contributed by atoms with Crippen molar-refractivity contribution in [3.05, 3.63) is 12.4 Å². The molecule has 0 aliphatic rings. The summed E-state index contributed by atoms with van der Waals surface area (Å²) in [4.78, 5) is 0. The number of aromatic nitrogens is 2. The molecule has 50 valence electrons. The van der Waals surface area contributed by atoms with E-state index in [9.17, 15) is 3.89 Å². The van der Waals surface area contributed by atoms with Crippen molar-refractivity contribution in [2.24, 2.45) is 0 Å². The largest absolute Gasteiger partial charge is 0.493 e. The first-order chi connectivity index (χ1) is 4.36. The van der Waals surface area contributed by atoms with Crippen LogP contribution in [0.2, 0.25) is 0 Å². The van der Waals surface area contributed by atoms with Gasteiger partial charge < -0.3 is 4.74 Å². The fraction of sp³-hybridized carbons (Fsp3) is 0.250. The van der Waals surface area contributed by atoms with E-state index in [1.807, 2.05) is 0 Å². The van der Waals surface area contributed by atoms with Gasteiger partial charge in [0.1, 0.15) is 0 Å². The number of nitrogens with zero attached hydrogens (tertiary/aromatic N) is 2. The van der Waals surface area contributed by atoms with Crippen LogP contribution in [0.25, 0.3) is 0 Å². The number of halogens is 1. The zero-order chi connectivity index (χ0) is 6.69. The van der Waals surface area contributed by atoms with Crippen LogP contribution >= 0.6 is 12.3 Å². The molecular weight excluding hydrogens is 143 g/mol. The topological polar surface area (TPSA) is 27.1 Å². The molecule has 0 atom stereocenters. The molecule has 0 spiro atoms. The van der Waals surface area contributed by atoms with Gasteiger partial charge in [-0.25, -0.2) is 0 Å².